The number of rotatable bonds is 3. The summed E-state index contributed by atoms with van der Waals surface area (Å²) in [6.45, 7) is 0.373. The second-order valence-electron chi connectivity index (χ2n) is 3.70. The third-order valence-corrected chi connectivity index (χ3v) is 3.83. The fraction of sp³-hybridized carbons (Fsp3) is 0.154. The summed E-state index contributed by atoms with van der Waals surface area (Å²) < 4.78 is 0.980. The van der Waals surface area contributed by atoms with Crippen molar-refractivity contribution < 1.29 is 4.79 Å². The lowest BCUT2D eigenvalue weighted by Crippen LogP contribution is -2.31. The Morgan fingerprint density at radius 2 is 1.94 bits per heavy atom. The number of ketones is 1. The molecule has 0 spiro atoms. The van der Waals surface area contributed by atoms with Crippen LogP contribution in [0.25, 0.3) is 0 Å². The van der Waals surface area contributed by atoms with Crippen molar-refractivity contribution in [3.05, 3.63) is 58.7 Å². The first-order valence-electron chi connectivity index (χ1n) is 5.20. The summed E-state index contributed by atoms with van der Waals surface area (Å²) in [5.74, 6) is 0.113. The van der Waals surface area contributed by atoms with E-state index in [1.165, 1.54) is 0 Å². The van der Waals surface area contributed by atoms with Crippen LogP contribution in [0.2, 0.25) is 0 Å². The molecule has 1 aliphatic heterocycles. The van der Waals surface area contributed by atoms with E-state index in [1.54, 1.807) is 0 Å². The minimum absolute atomic E-state index is 0.0897. The number of carbonyl (C=O) groups excluding carboxylic acids is 1. The molecule has 17 heavy (non-hydrogen) atoms. The molecule has 0 fully saturated rings. The Morgan fingerprint density at radius 1 is 1.24 bits per heavy atom. The minimum Gasteiger partial charge on any atom is -0.354 e. The van der Waals surface area contributed by atoms with Gasteiger partial charge in [0.15, 0.2) is 5.78 Å². The zero-order chi connectivity index (χ0) is 12.3. The highest BCUT2D eigenvalue weighted by atomic mass is 79.9. The van der Waals surface area contributed by atoms with E-state index in [2.05, 4.69) is 31.9 Å². The Morgan fingerprint density at radius 3 is 2.59 bits per heavy atom. The van der Waals surface area contributed by atoms with Crippen LogP contribution in [0.5, 0.6) is 0 Å². The summed E-state index contributed by atoms with van der Waals surface area (Å²) in [6, 6.07) is 7.42. The van der Waals surface area contributed by atoms with E-state index in [-0.39, 0.29) is 10.7 Å². The van der Waals surface area contributed by atoms with Gasteiger partial charge >= 0.3 is 0 Å². The van der Waals surface area contributed by atoms with Gasteiger partial charge in [0.25, 0.3) is 0 Å². The standard InChI is InChI=1S/C13H11Br2NO/c14-11-6-4-10(5-7-11)12(17)9-16-8-2-1-3-13(16)15/h1-8,13H,9H2. The highest BCUT2D eigenvalue weighted by Gasteiger charge is 2.15. The number of halogens is 2. The van der Waals surface area contributed by atoms with Crippen LogP contribution in [0.4, 0.5) is 0 Å². The molecule has 88 valence electrons. The molecule has 1 unspecified atom stereocenters. The van der Waals surface area contributed by atoms with Crippen molar-refractivity contribution in [2.24, 2.45) is 0 Å². The number of hydrogen-bond donors (Lipinski definition) is 0. The Bertz CT molecular complexity index is 465. The van der Waals surface area contributed by atoms with Gasteiger partial charge in [0.05, 0.1) is 6.54 Å². The molecule has 0 saturated heterocycles. The maximum absolute atomic E-state index is 12.0. The predicted molar refractivity (Wildman–Crippen MR) is 76.2 cm³/mol. The lowest BCUT2D eigenvalue weighted by molar-refractivity contribution is 0.0956. The first kappa shape index (κ1) is 12.6. The van der Waals surface area contributed by atoms with Crippen molar-refractivity contribution in [1.82, 2.24) is 4.90 Å². The van der Waals surface area contributed by atoms with Crippen LogP contribution in [0, 0.1) is 0 Å². The first-order valence-corrected chi connectivity index (χ1v) is 6.91. The van der Waals surface area contributed by atoms with E-state index >= 15 is 0 Å². The minimum atomic E-state index is 0.0897. The quantitative estimate of drug-likeness (QED) is 0.467. The number of Topliss-reactive ketones (excluding diaryl/α,β-unsaturated/α-hetero) is 1. The van der Waals surface area contributed by atoms with E-state index in [4.69, 9.17) is 0 Å². The molecule has 0 saturated carbocycles. The zero-order valence-corrected chi connectivity index (χ0v) is 12.2. The molecule has 0 radical (unpaired) electrons. The molecule has 0 aliphatic carbocycles. The molecule has 2 rings (SSSR count). The smallest absolute Gasteiger partial charge is 0.182 e. The van der Waals surface area contributed by atoms with Gasteiger partial charge in [-0.15, -0.1) is 0 Å². The molecular formula is C13H11Br2NO. The monoisotopic (exact) mass is 355 g/mol. The van der Waals surface area contributed by atoms with Gasteiger partial charge in [-0.1, -0.05) is 56.1 Å². The number of alkyl halides is 1. The summed E-state index contributed by atoms with van der Waals surface area (Å²) in [7, 11) is 0. The van der Waals surface area contributed by atoms with Gasteiger partial charge in [-0.3, -0.25) is 4.79 Å². The van der Waals surface area contributed by atoms with Crippen molar-refractivity contribution in [2.75, 3.05) is 6.54 Å². The van der Waals surface area contributed by atoms with Gasteiger partial charge < -0.3 is 4.90 Å². The number of nitrogens with zero attached hydrogens (tertiary/aromatic N) is 1. The Balaban J connectivity index is 2.04. The molecule has 4 heteroatoms. The van der Waals surface area contributed by atoms with Crippen LogP contribution >= 0.6 is 31.9 Å². The van der Waals surface area contributed by atoms with E-state index in [0.717, 1.165) is 10.0 Å². The van der Waals surface area contributed by atoms with Crippen LogP contribution in [0.15, 0.2) is 53.2 Å². The average Bonchev–Trinajstić information content (AvgIpc) is 2.33. The summed E-state index contributed by atoms with van der Waals surface area (Å²) in [5.41, 5.74) is 0.732. The van der Waals surface area contributed by atoms with E-state index in [0.29, 0.717) is 6.54 Å². The second-order valence-corrected chi connectivity index (χ2v) is 5.56. The van der Waals surface area contributed by atoms with Gasteiger partial charge in [0, 0.05) is 16.2 Å². The normalized spacial score (nSPS) is 18.5. The van der Waals surface area contributed by atoms with Gasteiger partial charge in [-0.2, -0.15) is 0 Å². The summed E-state index contributed by atoms with van der Waals surface area (Å²) in [4.78, 5) is 14.1. The van der Waals surface area contributed by atoms with Crippen LogP contribution in [-0.4, -0.2) is 22.2 Å². The third-order valence-electron chi connectivity index (χ3n) is 2.47. The molecule has 1 aromatic rings. The fourth-order valence-electron chi connectivity index (χ4n) is 1.54. The van der Waals surface area contributed by atoms with Crippen LogP contribution in [-0.2, 0) is 0 Å². The molecule has 2 nitrogen and oxygen atoms in total. The maximum Gasteiger partial charge on any atom is 0.182 e. The molecule has 0 N–H and O–H groups in total. The largest absolute Gasteiger partial charge is 0.354 e. The topological polar surface area (TPSA) is 20.3 Å². The van der Waals surface area contributed by atoms with Crippen molar-refractivity contribution in [3.8, 4) is 0 Å². The van der Waals surface area contributed by atoms with Crippen LogP contribution in [0.3, 0.4) is 0 Å². The molecule has 0 amide bonds. The van der Waals surface area contributed by atoms with Gasteiger partial charge in [0.2, 0.25) is 0 Å². The highest BCUT2D eigenvalue weighted by molar-refractivity contribution is 9.10. The molecule has 1 atom stereocenters. The first-order chi connectivity index (χ1) is 8.16. The lowest BCUT2D eigenvalue weighted by Gasteiger charge is -2.25. The molecule has 0 bridgehead atoms. The molecule has 0 aromatic heterocycles. The number of allylic oxidation sites excluding steroid dienone is 2. The van der Waals surface area contributed by atoms with E-state index in [1.807, 2.05) is 53.6 Å². The van der Waals surface area contributed by atoms with E-state index < -0.39 is 0 Å². The average molecular weight is 357 g/mol. The second kappa shape index (κ2) is 5.65. The van der Waals surface area contributed by atoms with Crippen molar-refractivity contribution in [2.45, 2.75) is 4.95 Å². The number of benzene rings is 1. The SMILES string of the molecule is O=C(CN1C=CC=CC1Br)c1ccc(Br)cc1. The zero-order valence-electron chi connectivity index (χ0n) is 9.01. The van der Waals surface area contributed by atoms with Crippen molar-refractivity contribution in [1.29, 1.82) is 0 Å². The number of carbonyl (C=O) groups is 1. The summed E-state index contributed by atoms with van der Waals surface area (Å²) in [5, 5.41) is 0. The fourth-order valence-corrected chi connectivity index (χ4v) is 2.26. The lowest BCUT2D eigenvalue weighted by atomic mass is 10.1. The third kappa shape index (κ3) is 3.30. The Kier molecular flexibility index (Phi) is 4.18. The predicted octanol–water partition coefficient (Wildman–Crippen LogP) is 3.74. The van der Waals surface area contributed by atoms with Crippen LogP contribution < -0.4 is 0 Å². The summed E-state index contributed by atoms with van der Waals surface area (Å²) in [6.07, 6.45) is 7.79. The maximum atomic E-state index is 12.0. The van der Waals surface area contributed by atoms with Crippen molar-refractivity contribution >= 4 is 37.6 Å². The highest BCUT2D eigenvalue weighted by Crippen LogP contribution is 2.16. The van der Waals surface area contributed by atoms with Crippen LogP contribution in [0.1, 0.15) is 10.4 Å². The van der Waals surface area contributed by atoms with Crippen molar-refractivity contribution in [3.63, 3.8) is 0 Å². The Labute approximate surface area is 117 Å². The number of hydrogen-bond acceptors (Lipinski definition) is 2. The van der Waals surface area contributed by atoms with E-state index in [9.17, 15) is 4.79 Å². The Hall–Kier alpha value is -0.870. The van der Waals surface area contributed by atoms with Gasteiger partial charge in [0.1, 0.15) is 4.95 Å². The van der Waals surface area contributed by atoms with Gasteiger partial charge in [-0.25, -0.2) is 0 Å². The molecule has 1 aliphatic rings. The van der Waals surface area contributed by atoms with Gasteiger partial charge in [-0.05, 0) is 18.2 Å². The molecule has 1 aromatic carbocycles. The summed E-state index contributed by atoms with van der Waals surface area (Å²) >= 11 is 6.85. The molecule has 1 heterocycles. The molecular weight excluding hydrogens is 346 g/mol.